The van der Waals surface area contributed by atoms with Gasteiger partial charge in [0.2, 0.25) is 0 Å². The highest BCUT2D eigenvalue weighted by atomic mass is 28.3. The smallest absolute Gasteiger partial charge is 0.0668 e. The number of benzene rings is 3. The van der Waals surface area contributed by atoms with Crippen LogP contribution in [0.25, 0.3) is 5.57 Å². The number of allylic oxidation sites excluding steroid dienone is 4. The molecular weight excluding hydrogens is 352 g/mol. The molecule has 1 aliphatic carbocycles. The van der Waals surface area contributed by atoms with Crippen LogP contribution in [-0.2, 0) is 0 Å². The SMILES string of the molecule is CC1=C(c2cc(C)cc(C)c2)CC([SiH](c2ccccc2)c2ccccc2)=C1C. The first-order valence-electron chi connectivity index (χ1n) is 10.1. The van der Waals surface area contributed by atoms with Gasteiger partial charge >= 0.3 is 0 Å². The first-order chi connectivity index (χ1) is 13.5. The Morgan fingerprint density at radius 2 is 1.11 bits per heavy atom. The van der Waals surface area contributed by atoms with Gasteiger partial charge in [-0.2, -0.15) is 0 Å². The Hall–Kier alpha value is -2.64. The van der Waals surface area contributed by atoms with Gasteiger partial charge < -0.3 is 0 Å². The first kappa shape index (κ1) is 18.7. The minimum atomic E-state index is -1.45. The highest BCUT2D eigenvalue weighted by Gasteiger charge is 2.29. The summed E-state index contributed by atoms with van der Waals surface area (Å²) in [7, 11) is -1.45. The second-order valence-corrected chi connectivity index (χ2v) is 11.0. The molecule has 4 rings (SSSR count). The fourth-order valence-electron chi connectivity index (χ4n) is 4.59. The average Bonchev–Trinajstić information content (AvgIpc) is 2.98. The molecule has 3 aromatic rings. The van der Waals surface area contributed by atoms with Crippen molar-refractivity contribution in [3.8, 4) is 0 Å². The maximum atomic E-state index is 2.35. The summed E-state index contributed by atoms with van der Waals surface area (Å²) in [6, 6.07) is 29.3. The van der Waals surface area contributed by atoms with E-state index >= 15 is 0 Å². The molecule has 0 saturated carbocycles. The standard InChI is InChI=1S/C27H28Si/c1-19-15-20(2)17-23(16-19)26-18-27(22(4)21(26)3)28(24-11-7-5-8-12-24)25-13-9-6-10-14-25/h5-17,28H,18H2,1-4H3. The lowest BCUT2D eigenvalue weighted by atomic mass is 9.97. The van der Waals surface area contributed by atoms with E-state index in [0.717, 1.165) is 6.42 Å². The second kappa shape index (κ2) is 7.77. The van der Waals surface area contributed by atoms with Gasteiger partial charge in [0, 0.05) is 0 Å². The van der Waals surface area contributed by atoms with Gasteiger partial charge in [0.25, 0.3) is 0 Å². The molecule has 0 atom stereocenters. The van der Waals surface area contributed by atoms with E-state index in [-0.39, 0.29) is 0 Å². The molecule has 140 valence electrons. The molecule has 0 radical (unpaired) electrons. The van der Waals surface area contributed by atoms with Crippen molar-refractivity contribution >= 4 is 24.7 Å². The van der Waals surface area contributed by atoms with Crippen molar-refractivity contribution in [2.45, 2.75) is 34.1 Å². The predicted molar refractivity (Wildman–Crippen MR) is 125 cm³/mol. The summed E-state index contributed by atoms with van der Waals surface area (Å²) in [4.78, 5) is 0. The van der Waals surface area contributed by atoms with Gasteiger partial charge in [-0.05, 0) is 50.8 Å². The van der Waals surface area contributed by atoms with E-state index in [2.05, 4.69) is 107 Å². The molecule has 0 saturated heterocycles. The molecule has 0 unspecified atom stereocenters. The van der Waals surface area contributed by atoms with Crippen molar-refractivity contribution in [3.05, 3.63) is 112 Å². The lowest BCUT2D eigenvalue weighted by Gasteiger charge is -2.20. The van der Waals surface area contributed by atoms with E-state index in [0.29, 0.717) is 0 Å². The molecule has 0 aromatic heterocycles. The Kier molecular flexibility index (Phi) is 5.19. The van der Waals surface area contributed by atoms with Crippen molar-refractivity contribution in [2.75, 3.05) is 0 Å². The van der Waals surface area contributed by atoms with Crippen LogP contribution in [0.4, 0.5) is 0 Å². The van der Waals surface area contributed by atoms with E-state index in [1.54, 1.807) is 5.20 Å². The molecule has 0 bridgehead atoms. The van der Waals surface area contributed by atoms with E-state index in [4.69, 9.17) is 0 Å². The molecule has 0 fully saturated rings. The van der Waals surface area contributed by atoms with Crippen LogP contribution in [0.1, 0.15) is 37.0 Å². The zero-order chi connectivity index (χ0) is 19.7. The monoisotopic (exact) mass is 380 g/mol. The van der Waals surface area contributed by atoms with E-state index in [1.807, 2.05) is 0 Å². The second-order valence-electron chi connectivity index (χ2n) is 8.06. The van der Waals surface area contributed by atoms with E-state index < -0.39 is 8.80 Å². The van der Waals surface area contributed by atoms with E-state index in [9.17, 15) is 0 Å². The van der Waals surface area contributed by atoms with Crippen LogP contribution >= 0.6 is 0 Å². The van der Waals surface area contributed by atoms with Crippen molar-refractivity contribution in [3.63, 3.8) is 0 Å². The number of rotatable bonds is 4. The Balaban J connectivity index is 1.79. The molecule has 0 aliphatic heterocycles. The molecule has 1 heteroatoms. The minimum absolute atomic E-state index is 1.08. The lowest BCUT2D eigenvalue weighted by molar-refractivity contribution is 1.32. The van der Waals surface area contributed by atoms with Gasteiger partial charge in [-0.25, -0.2) is 0 Å². The Morgan fingerprint density at radius 1 is 0.607 bits per heavy atom. The summed E-state index contributed by atoms with van der Waals surface area (Å²) in [5, 5.41) is 4.69. The molecule has 3 aromatic carbocycles. The van der Waals surface area contributed by atoms with Crippen LogP contribution in [0, 0.1) is 13.8 Å². The van der Waals surface area contributed by atoms with Gasteiger partial charge in [-0.3, -0.25) is 0 Å². The van der Waals surface area contributed by atoms with Gasteiger partial charge in [-0.15, -0.1) is 0 Å². The van der Waals surface area contributed by atoms with Crippen molar-refractivity contribution in [1.82, 2.24) is 0 Å². The van der Waals surface area contributed by atoms with Crippen LogP contribution in [0.3, 0.4) is 0 Å². The van der Waals surface area contributed by atoms with Gasteiger partial charge in [0.05, 0.1) is 0 Å². The van der Waals surface area contributed by atoms with Gasteiger partial charge in [0.1, 0.15) is 8.80 Å². The molecule has 0 amide bonds. The minimum Gasteiger partial charge on any atom is -0.0668 e. The molecular formula is C27H28Si. The Bertz CT molecular complexity index is 996. The lowest BCUT2D eigenvalue weighted by Crippen LogP contribution is -2.44. The topological polar surface area (TPSA) is 0 Å². The predicted octanol–water partition coefficient (Wildman–Crippen LogP) is 5.38. The highest BCUT2D eigenvalue weighted by molar-refractivity contribution is 6.91. The van der Waals surface area contributed by atoms with Gasteiger partial charge in [-0.1, -0.05) is 111 Å². The summed E-state index contributed by atoms with van der Waals surface area (Å²) in [5.41, 5.74) is 8.60. The van der Waals surface area contributed by atoms with Crippen LogP contribution in [0.2, 0.25) is 0 Å². The summed E-state index contributed by atoms with van der Waals surface area (Å²) in [5.74, 6) is 0. The van der Waals surface area contributed by atoms with Crippen molar-refractivity contribution < 1.29 is 0 Å². The third-order valence-corrected chi connectivity index (χ3v) is 9.49. The average molecular weight is 381 g/mol. The number of hydrogen-bond acceptors (Lipinski definition) is 0. The zero-order valence-electron chi connectivity index (χ0n) is 17.3. The molecule has 28 heavy (non-hydrogen) atoms. The van der Waals surface area contributed by atoms with Crippen LogP contribution in [-0.4, -0.2) is 8.80 Å². The maximum absolute atomic E-state index is 2.35. The first-order valence-corrected chi connectivity index (χ1v) is 11.9. The van der Waals surface area contributed by atoms with Crippen LogP contribution in [0.5, 0.6) is 0 Å². The summed E-state index contributed by atoms with van der Waals surface area (Å²) in [6.45, 7) is 9.06. The molecule has 0 spiro atoms. The van der Waals surface area contributed by atoms with Crippen LogP contribution < -0.4 is 10.4 Å². The fourth-order valence-corrected chi connectivity index (χ4v) is 8.06. The number of aryl methyl sites for hydroxylation is 2. The third-order valence-electron chi connectivity index (χ3n) is 6.05. The Labute approximate surface area is 170 Å². The number of hydrogen-bond donors (Lipinski definition) is 0. The fraction of sp³-hybridized carbons (Fsp3) is 0.185. The maximum Gasteiger partial charge on any atom is 0.129 e. The van der Waals surface area contributed by atoms with E-state index in [1.165, 1.54) is 43.8 Å². The Morgan fingerprint density at radius 3 is 1.61 bits per heavy atom. The summed E-state index contributed by atoms with van der Waals surface area (Å²) >= 11 is 0. The normalized spacial score (nSPS) is 14.3. The molecule has 0 N–H and O–H groups in total. The largest absolute Gasteiger partial charge is 0.129 e. The van der Waals surface area contributed by atoms with Crippen LogP contribution in [0.15, 0.2) is 95.2 Å². The van der Waals surface area contributed by atoms with Crippen molar-refractivity contribution in [2.24, 2.45) is 0 Å². The summed E-state index contributed by atoms with van der Waals surface area (Å²) < 4.78 is 0. The molecule has 1 aliphatic rings. The quantitative estimate of drug-likeness (QED) is 0.533. The third kappa shape index (κ3) is 3.55. The highest BCUT2D eigenvalue weighted by Crippen LogP contribution is 2.39. The van der Waals surface area contributed by atoms with Gasteiger partial charge in [0.15, 0.2) is 0 Å². The zero-order valence-corrected chi connectivity index (χ0v) is 18.4. The molecule has 0 nitrogen and oxygen atoms in total. The summed E-state index contributed by atoms with van der Waals surface area (Å²) in [6.07, 6.45) is 1.08. The molecule has 0 heterocycles. The van der Waals surface area contributed by atoms with Crippen molar-refractivity contribution in [1.29, 1.82) is 0 Å².